The van der Waals surface area contributed by atoms with Gasteiger partial charge in [-0.3, -0.25) is 4.79 Å². The summed E-state index contributed by atoms with van der Waals surface area (Å²) in [6, 6.07) is 9.00. The largest absolute Gasteiger partial charge is 0.456 e. The molecule has 0 amide bonds. The molecule has 1 aliphatic rings. The van der Waals surface area contributed by atoms with Crippen LogP contribution in [0.25, 0.3) is 0 Å². The monoisotopic (exact) mass is 364 g/mol. The van der Waals surface area contributed by atoms with Crippen LogP contribution in [0.15, 0.2) is 45.8 Å². The van der Waals surface area contributed by atoms with Gasteiger partial charge in [0.05, 0.1) is 10.6 Å². The molecule has 1 atom stereocenters. The quantitative estimate of drug-likeness (QED) is 0.756. The van der Waals surface area contributed by atoms with Crippen molar-refractivity contribution in [3.63, 3.8) is 0 Å². The average Bonchev–Trinajstić information content (AvgIpc) is 3.06. The van der Waals surface area contributed by atoms with E-state index in [0.717, 1.165) is 12.8 Å². The number of nitrogens with zero attached hydrogens (tertiary/aromatic N) is 2. The number of carbonyl (C=O) groups excluding carboxylic acids is 1. The second-order valence-corrected chi connectivity index (χ2v) is 7.87. The van der Waals surface area contributed by atoms with Gasteiger partial charge < -0.3 is 9.26 Å². The SMILES string of the molecule is Cc1cc(COC(=O)C2CCCCN2S(=O)(=O)c2ccccc2)on1. The topological polar surface area (TPSA) is 89.7 Å². The van der Waals surface area contributed by atoms with E-state index in [2.05, 4.69) is 5.16 Å². The van der Waals surface area contributed by atoms with Crippen molar-refractivity contribution in [2.75, 3.05) is 6.54 Å². The van der Waals surface area contributed by atoms with Gasteiger partial charge in [-0.05, 0) is 38.3 Å². The molecule has 2 aromatic rings. The number of aromatic nitrogens is 1. The Morgan fingerprint density at radius 1 is 1.32 bits per heavy atom. The standard InChI is InChI=1S/C17H20N2O5S/c1-13-11-14(24-18-13)12-23-17(20)16-9-5-6-10-19(16)25(21,22)15-7-3-2-4-8-15/h2-4,7-8,11,16H,5-6,9-10,12H2,1H3. The number of hydrogen-bond donors (Lipinski definition) is 0. The Morgan fingerprint density at radius 2 is 2.08 bits per heavy atom. The molecule has 0 saturated carbocycles. The van der Waals surface area contributed by atoms with Crippen molar-refractivity contribution in [2.24, 2.45) is 0 Å². The molecule has 3 rings (SSSR count). The highest BCUT2D eigenvalue weighted by atomic mass is 32.2. The number of sulfonamides is 1. The predicted octanol–water partition coefficient (Wildman–Crippen LogP) is 2.27. The van der Waals surface area contributed by atoms with Gasteiger partial charge in [0.1, 0.15) is 6.04 Å². The Bertz CT molecular complexity index is 832. The summed E-state index contributed by atoms with van der Waals surface area (Å²) in [5.74, 6) is -0.132. The molecule has 1 saturated heterocycles. The van der Waals surface area contributed by atoms with Crippen LogP contribution in [-0.2, 0) is 26.2 Å². The highest BCUT2D eigenvalue weighted by Crippen LogP contribution is 2.26. The summed E-state index contributed by atoms with van der Waals surface area (Å²) < 4.78 is 37.3. The highest BCUT2D eigenvalue weighted by Gasteiger charge is 2.38. The molecule has 1 aromatic carbocycles. The number of carbonyl (C=O) groups is 1. The van der Waals surface area contributed by atoms with Gasteiger partial charge in [-0.25, -0.2) is 8.42 Å². The zero-order valence-electron chi connectivity index (χ0n) is 13.9. The Labute approximate surface area is 146 Å². The maximum atomic E-state index is 12.9. The smallest absolute Gasteiger partial charge is 0.324 e. The lowest BCUT2D eigenvalue weighted by molar-refractivity contribution is -0.151. The average molecular weight is 364 g/mol. The van der Waals surface area contributed by atoms with Crippen molar-refractivity contribution >= 4 is 16.0 Å². The van der Waals surface area contributed by atoms with Gasteiger partial charge in [0.15, 0.2) is 12.4 Å². The van der Waals surface area contributed by atoms with Crippen molar-refractivity contribution in [1.29, 1.82) is 0 Å². The molecule has 0 aliphatic carbocycles. The summed E-state index contributed by atoms with van der Waals surface area (Å²) in [7, 11) is -3.74. The minimum Gasteiger partial charge on any atom is -0.456 e. The molecule has 0 N–H and O–H groups in total. The fourth-order valence-corrected chi connectivity index (χ4v) is 4.55. The molecule has 0 radical (unpaired) electrons. The van der Waals surface area contributed by atoms with Gasteiger partial charge in [-0.1, -0.05) is 23.4 Å². The zero-order chi connectivity index (χ0) is 17.9. The van der Waals surface area contributed by atoms with E-state index in [0.29, 0.717) is 24.4 Å². The maximum absolute atomic E-state index is 12.9. The van der Waals surface area contributed by atoms with E-state index in [-0.39, 0.29) is 11.5 Å². The number of benzene rings is 1. The predicted molar refractivity (Wildman–Crippen MR) is 89.0 cm³/mol. The number of ether oxygens (including phenoxy) is 1. The summed E-state index contributed by atoms with van der Waals surface area (Å²) in [6.45, 7) is 2.01. The second-order valence-electron chi connectivity index (χ2n) is 5.98. The fourth-order valence-electron chi connectivity index (χ4n) is 2.88. The Kier molecular flexibility index (Phi) is 5.19. The van der Waals surface area contributed by atoms with Crippen LogP contribution in [0, 0.1) is 6.92 Å². The molecular weight excluding hydrogens is 344 g/mol. The van der Waals surface area contributed by atoms with Crippen LogP contribution in [0.1, 0.15) is 30.7 Å². The van der Waals surface area contributed by atoms with Gasteiger partial charge in [-0.2, -0.15) is 4.31 Å². The zero-order valence-corrected chi connectivity index (χ0v) is 14.7. The summed E-state index contributed by atoms with van der Waals surface area (Å²) >= 11 is 0. The third-order valence-electron chi connectivity index (χ3n) is 4.11. The van der Waals surface area contributed by atoms with Crippen molar-refractivity contribution in [3.8, 4) is 0 Å². The van der Waals surface area contributed by atoms with Gasteiger partial charge >= 0.3 is 5.97 Å². The molecule has 8 heteroatoms. The lowest BCUT2D eigenvalue weighted by Gasteiger charge is -2.32. The molecule has 0 spiro atoms. The van der Waals surface area contributed by atoms with Crippen molar-refractivity contribution < 1.29 is 22.5 Å². The van der Waals surface area contributed by atoms with Crippen LogP contribution >= 0.6 is 0 Å². The minimum atomic E-state index is -3.74. The summed E-state index contributed by atoms with van der Waals surface area (Å²) in [5.41, 5.74) is 0.692. The summed E-state index contributed by atoms with van der Waals surface area (Å²) in [6.07, 6.45) is 1.94. The maximum Gasteiger partial charge on any atom is 0.324 e. The summed E-state index contributed by atoms with van der Waals surface area (Å²) in [5, 5.41) is 3.73. The van der Waals surface area contributed by atoms with Crippen LogP contribution in [0.5, 0.6) is 0 Å². The van der Waals surface area contributed by atoms with Gasteiger partial charge in [0.2, 0.25) is 10.0 Å². The van der Waals surface area contributed by atoms with Crippen LogP contribution in [-0.4, -0.2) is 36.4 Å². The van der Waals surface area contributed by atoms with E-state index in [1.807, 2.05) is 0 Å². The fraction of sp³-hybridized carbons (Fsp3) is 0.412. The van der Waals surface area contributed by atoms with E-state index in [9.17, 15) is 13.2 Å². The lowest BCUT2D eigenvalue weighted by Crippen LogP contribution is -2.48. The molecule has 134 valence electrons. The first-order valence-corrected chi connectivity index (χ1v) is 9.58. The minimum absolute atomic E-state index is 0.0601. The van der Waals surface area contributed by atoms with Crippen LogP contribution < -0.4 is 0 Å². The molecule has 1 aromatic heterocycles. The van der Waals surface area contributed by atoms with E-state index in [1.54, 1.807) is 31.2 Å². The Hall–Kier alpha value is -2.19. The molecular formula is C17H20N2O5S. The van der Waals surface area contributed by atoms with E-state index >= 15 is 0 Å². The van der Waals surface area contributed by atoms with Gasteiger partial charge in [0.25, 0.3) is 0 Å². The van der Waals surface area contributed by atoms with E-state index < -0.39 is 22.0 Å². The molecule has 1 unspecified atom stereocenters. The molecule has 1 aliphatic heterocycles. The van der Waals surface area contributed by atoms with Crippen molar-refractivity contribution in [2.45, 2.75) is 43.7 Å². The number of aryl methyl sites for hydroxylation is 1. The molecule has 25 heavy (non-hydrogen) atoms. The third-order valence-corrected chi connectivity index (χ3v) is 6.03. The Balaban J connectivity index is 1.75. The molecule has 7 nitrogen and oxygen atoms in total. The van der Waals surface area contributed by atoms with Gasteiger partial charge in [-0.15, -0.1) is 0 Å². The van der Waals surface area contributed by atoms with Crippen molar-refractivity contribution in [1.82, 2.24) is 9.46 Å². The van der Waals surface area contributed by atoms with Gasteiger partial charge in [0, 0.05) is 12.6 Å². The van der Waals surface area contributed by atoms with Crippen LogP contribution in [0.3, 0.4) is 0 Å². The second kappa shape index (κ2) is 7.37. The first-order chi connectivity index (χ1) is 12.0. The van der Waals surface area contributed by atoms with Crippen molar-refractivity contribution in [3.05, 3.63) is 47.9 Å². The third kappa shape index (κ3) is 3.91. The number of rotatable bonds is 5. The number of esters is 1. The Morgan fingerprint density at radius 3 is 2.76 bits per heavy atom. The molecule has 2 heterocycles. The summed E-state index contributed by atoms with van der Waals surface area (Å²) in [4.78, 5) is 12.7. The number of piperidine rings is 1. The normalized spacial score (nSPS) is 18.8. The van der Waals surface area contributed by atoms with E-state index in [4.69, 9.17) is 9.26 Å². The highest BCUT2D eigenvalue weighted by molar-refractivity contribution is 7.89. The van der Waals surface area contributed by atoms with E-state index in [1.165, 1.54) is 16.4 Å². The molecule has 1 fully saturated rings. The van der Waals surface area contributed by atoms with Crippen LogP contribution in [0.4, 0.5) is 0 Å². The molecule has 0 bridgehead atoms. The number of hydrogen-bond acceptors (Lipinski definition) is 6. The first-order valence-electron chi connectivity index (χ1n) is 8.14. The van der Waals surface area contributed by atoms with Crippen LogP contribution in [0.2, 0.25) is 0 Å². The first kappa shape index (κ1) is 17.6. The lowest BCUT2D eigenvalue weighted by atomic mass is 10.1.